The molecule has 0 atom stereocenters. The van der Waals surface area contributed by atoms with Crippen molar-refractivity contribution in [2.75, 3.05) is 23.4 Å². The van der Waals surface area contributed by atoms with E-state index in [0.29, 0.717) is 11.6 Å². The van der Waals surface area contributed by atoms with E-state index in [-0.39, 0.29) is 12.5 Å². The van der Waals surface area contributed by atoms with Gasteiger partial charge in [-0.25, -0.2) is 0 Å². The van der Waals surface area contributed by atoms with Crippen molar-refractivity contribution in [3.8, 4) is 5.75 Å². The van der Waals surface area contributed by atoms with Gasteiger partial charge in [-0.3, -0.25) is 4.79 Å². The number of para-hydroxylation sites is 1. The van der Waals surface area contributed by atoms with Gasteiger partial charge in [-0.1, -0.05) is 35.9 Å². The molecule has 4 rings (SSSR count). The minimum absolute atomic E-state index is 0.0774. The van der Waals surface area contributed by atoms with Gasteiger partial charge in [0, 0.05) is 12.2 Å². The van der Waals surface area contributed by atoms with Gasteiger partial charge in [-0.05, 0) is 55.7 Å². The second-order valence-corrected chi connectivity index (χ2v) is 6.81. The highest BCUT2D eigenvalue weighted by molar-refractivity contribution is 5.91. The number of nitrogens with one attached hydrogen (secondary N) is 1. The third kappa shape index (κ3) is 4.11. The lowest BCUT2D eigenvalue weighted by Gasteiger charge is -2.29. The molecule has 2 heterocycles. The molecule has 0 fully saturated rings. The number of carbonyl (C=O) groups excluding carboxylic acids is 1. The van der Waals surface area contributed by atoms with Gasteiger partial charge in [0.1, 0.15) is 5.75 Å². The largest absolute Gasteiger partial charge is 0.484 e. The number of aromatic nitrogens is 2. The van der Waals surface area contributed by atoms with Crippen LogP contribution in [0.1, 0.15) is 17.5 Å². The molecule has 6 nitrogen and oxygen atoms in total. The van der Waals surface area contributed by atoms with Crippen LogP contribution in [0.3, 0.4) is 0 Å². The Kier molecular flexibility index (Phi) is 5.19. The average Bonchev–Trinajstić information content (AvgIpc) is 2.73. The molecule has 1 aliphatic heterocycles. The summed E-state index contributed by atoms with van der Waals surface area (Å²) in [5.41, 5.74) is 3.64. The Balaban J connectivity index is 1.37. The standard InChI is InChI=1S/C22H22N4O2/c1-16-8-10-18(11-9-16)28-15-22(27)23-20-12-13-21(25-24-20)26-14-4-6-17-5-2-3-7-19(17)26/h2-3,5,7-13H,4,6,14-15H2,1H3,(H,23,24,27). The van der Waals surface area contributed by atoms with Gasteiger partial charge >= 0.3 is 0 Å². The molecule has 1 amide bonds. The summed E-state index contributed by atoms with van der Waals surface area (Å²) in [4.78, 5) is 14.3. The first-order chi connectivity index (χ1) is 13.7. The predicted octanol–water partition coefficient (Wildman–Crippen LogP) is 3.89. The third-order valence-electron chi connectivity index (χ3n) is 4.70. The monoisotopic (exact) mass is 374 g/mol. The summed E-state index contributed by atoms with van der Waals surface area (Å²) in [6.07, 6.45) is 2.16. The lowest BCUT2D eigenvalue weighted by Crippen LogP contribution is -2.26. The van der Waals surface area contributed by atoms with Crippen molar-refractivity contribution in [1.29, 1.82) is 0 Å². The first-order valence-electron chi connectivity index (χ1n) is 9.37. The molecule has 1 aliphatic rings. The number of hydrogen-bond donors (Lipinski definition) is 1. The SMILES string of the molecule is Cc1ccc(OCC(=O)Nc2ccc(N3CCCc4ccccc43)nn2)cc1. The lowest BCUT2D eigenvalue weighted by molar-refractivity contribution is -0.118. The number of nitrogens with zero attached hydrogens (tertiary/aromatic N) is 3. The Morgan fingerprint density at radius 3 is 2.68 bits per heavy atom. The molecule has 3 aromatic rings. The number of carbonyl (C=O) groups is 1. The van der Waals surface area contributed by atoms with E-state index >= 15 is 0 Å². The third-order valence-corrected chi connectivity index (χ3v) is 4.70. The second kappa shape index (κ2) is 8.08. The number of aryl methyl sites for hydroxylation is 2. The first-order valence-corrected chi connectivity index (χ1v) is 9.37. The molecular formula is C22H22N4O2. The zero-order chi connectivity index (χ0) is 19.3. The Labute approximate surface area is 164 Å². The van der Waals surface area contributed by atoms with Crippen molar-refractivity contribution in [1.82, 2.24) is 10.2 Å². The van der Waals surface area contributed by atoms with Crippen molar-refractivity contribution in [2.45, 2.75) is 19.8 Å². The summed E-state index contributed by atoms with van der Waals surface area (Å²) in [6.45, 7) is 2.83. The number of ether oxygens (including phenoxy) is 1. The van der Waals surface area contributed by atoms with Crippen molar-refractivity contribution >= 4 is 23.2 Å². The van der Waals surface area contributed by atoms with Gasteiger partial charge in [0.15, 0.2) is 18.2 Å². The lowest BCUT2D eigenvalue weighted by atomic mass is 10.0. The minimum atomic E-state index is -0.272. The molecule has 1 N–H and O–H groups in total. The number of amides is 1. The molecule has 142 valence electrons. The fourth-order valence-electron chi connectivity index (χ4n) is 3.27. The fourth-order valence-corrected chi connectivity index (χ4v) is 3.27. The number of rotatable bonds is 5. The molecule has 0 bridgehead atoms. The van der Waals surface area contributed by atoms with E-state index in [1.807, 2.05) is 43.3 Å². The van der Waals surface area contributed by atoms with E-state index in [9.17, 15) is 4.79 Å². The Hall–Kier alpha value is -3.41. The number of hydrogen-bond acceptors (Lipinski definition) is 5. The summed E-state index contributed by atoms with van der Waals surface area (Å²) in [5, 5.41) is 11.2. The Bertz CT molecular complexity index is 955. The van der Waals surface area contributed by atoms with Crippen molar-refractivity contribution < 1.29 is 9.53 Å². The van der Waals surface area contributed by atoms with Crippen molar-refractivity contribution in [3.63, 3.8) is 0 Å². The molecule has 2 aromatic carbocycles. The highest BCUT2D eigenvalue weighted by Gasteiger charge is 2.19. The van der Waals surface area contributed by atoms with E-state index in [1.165, 1.54) is 11.3 Å². The molecule has 0 saturated carbocycles. The molecule has 28 heavy (non-hydrogen) atoms. The van der Waals surface area contributed by atoms with E-state index in [4.69, 9.17) is 4.74 Å². The van der Waals surface area contributed by atoms with Crippen LogP contribution in [0.4, 0.5) is 17.3 Å². The molecule has 0 spiro atoms. The Morgan fingerprint density at radius 2 is 1.89 bits per heavy atom. The minimum Gasteiger partial charge on any atom is -0.484 e. The molecule has 0 aliphatic carbocycles. The van der Waals surface area contributed by atoms with Crippen LogP contribution in [0.15, 0.2) is 60.7 Å². The van der Waals surface area contributed by atoms with Crippen molar-refractivity contribution in [2.24, 2.45) is 0 Å². The van der Waals surface area contributed by atoms with Crippen LogP contribution >= 0.6 is 0 Å². The quantitative estimate of drug-likeness (QED) is 0.734. The highest BCUT2D eigenvalue weighted by atomic mass is 16.5. The molecule has 6 heteroatoms. The van der Waals surface area contributed by atoms with Crippen LogP contribution in [0.5, 0.6) is 5.75 Å². The number of benzene rings is 2. The molecular weight excluding hydrogens is 352 g/mol. The fraction of sp³-hybridized carbons (Fsp3) is 0.227. The van der Waals surface area contributed by atoms with E-state index in [1.54, 1.807) is 6.07 Å². The number of anilines is 3. The summed E-state index contributed by atoms with van der Waals surface area (Å²) in [5.74, 6) is 1.57. The van der Waals surface area contributed by atoms with Gasteiger partial charge < -0.3 is 15.0 Å². The van der Waals surface area contributed by atoms with Gasteiger partial charge in [0.05, 0.1) is 0 Å². The molecule has 0 saturated heterocycles. The van der Waals surface area contributed by atoms with Gasteiger partial charge in [0.2, 0.25) is 0 Å². The van der Waals surface area contributed by atoms with Gasteiger partial charge in [0.25, 0.3) is 5.91 Å². The summed E-state index contributed by atoms with van der Waals surface area (Å²) >= 11 is 0. The highest BCUT2D eigenvalue weighted by Crippen LogP contribution is 2.31. The normalized spacial score (nSPS) is 13.0. The maximum Gasteiger partial charge on any atom is 0.263 e. The summed E-state index contributed by atoms with van der Waals surface area (Å²) < 4.78 is 5.48. The zero-order valence-corrected chi connectivity index (χ0v) is 15.8. The Morgan fingerprint density at radius 1 is 1.07 bits per heavy atom. The topological polar surface area (TPSA) is 67.3 Å². The predicted molar refractivity (Wildman–Crippen MR) is 109 cm³/mol. The van der Waals surface area contributed by atoms with Crippen LogP contribution in [-0.2, 0) is 11.2 Å². The maximum atomic E-state index is 12.1. The van der Waals surface area contributed by atoms with Gasteiger partial charge in [-0.2, -0.15) is 0 Å². The zero-order valence-electron chi connectivity index (χ0n) is 15.8. The summed E-state index contributed by atoms with van der Waals surface area (Å²) in [6, 6.07) is 19.6. The van der Waals surface area contributed by atoms with Crippen LogP contribution < -0.4 is 15.0 Å². The second-order valence-electron chi connectivity index (χ2n) is 6.81. The summed E-state index contributed by atoms with van der Waals surface area (Å²) in [7, 11) is 0. The number of fused-ring (bicyclic) bond motifs is 1. The van der Waals surface area contributed by atoms with Crippen LogP contribution in [0.2, 0.25) is 0 Å². The smallest absolute Gasteiger partial charge is 0.263 e. The van der Waals surface area contributed by atoms with Crippen LogP contribution in [0.25, 0.3) is 0 Å². The van der Waals surface area contributed by atoms with E-state index in [2.05, 4.69) is 38.6 Å². The first kappa shape index (κ1) is 18.0. The van der Waals surface area contributed by atoms with Gasteiger partial charge in [-0.15, -0.1) is 10.2 Å². The van der Waals surface area contributed by atoms with Crippen molar-refractivity contribution in [3.05, 3.63) is 71.8 Å². The molecule has 1 aromatic heterocycles. The van der Waals surface area contributed by atoms with E-state index in [0.717, 1.165) is 30.8 Å². The molecule has 0 radical (unpaired) electrons. The molecule has 0 unspecified atom stereocenters. The average molecular weight is 374 g/mol. The van der Waals surface area contributed by atoms with E-state index < -0.39 is 0 Å². The maximum absolute atomic E-state index is 12.1. The van der Waals surface area contributed by atoms with Crippen LogP contribution in [-0.4, -0.2) is 29.3 Å². The van der Waals surface area contributed by atoms with Crippen LogP contribution in [0, 0.1) is 6.92 Å².